The molecule has 2 heterocycles. The van der Waals surface area contributed by atoms with Crippen LogP contribution in [0.3, 0.4) is 0 Å². The number of hydrogen-bond acceptors (Lipinski definition) is 4. The number of morpholine rings is 1. The smallest absolute Gasteiger partial charge is 0.134 e. The van der Waals surface area contributed by atoms with Crippen molar-refractivity contribution in [1.82, 2.24) is 4.98 Å². The van der Waals surface area contributed by atoms with Crippen LogP contribution in [0.5, 0.6) is 0 Å². The van der Waals surface area contributed by atoms with Crippen LogP contribution < -0.4 is 4.90 Å². The topological polar surface area (TPSA) is 45.6 Å². The van der Waals surface area contributed by atoms with Gasteiger partial charge in [0, 0.05) is 18.3 Å². The summed E-state index contributed by atoms with van der Waals surface area (Å²) in [5.74, 6) is 0.873. The molecule has 4 heteroatoms. The first-order valence-electron chi connectivity index (χ1n) is 5.55. The lowest BCUT2D eigenvalue weighted by Gasteiger charge is -2.43. The molecule has 0 amide bonds. The van der Waals surface area contributed by atoms with Gasteiger partial charge in [-0.2, -0.15) is 0 Å². The Morgan fingerprint density at radius 3 is 3.06 bits per heavy atom. The lowest BCUT2D eigenvalue weighted by molar-refractivity contribution is 0.0636. The van der Waals surface area contributed by atoms with Crippen molar-refractivity contribution in [2.45, 2.75) is 26.0 Å². The summed E-state index contributed by atoms with van der Waals surface area (Å²) in [5.41, 5.74) is 0.800. The van der Waals surface area contributed by atoms with Gasteiger partial charge in [-0.1, -0.05) is 6.07 Å². The second-order valence-corrected chi connectivity index (χ2v) is 4.66. The van der Waals surface area contributed by atoms with Gasteiger partial charge >= 0.3 is 0 Å². The molecule has 1 aromatic heterocycles. The van der Waals surface area contributed by atoms with E-state index in [1.54, 1.807) is 6.20 Å². The van der Waals surface area contributed by atoms with Crippen molar-refractivity contribution in [3.63, 3.8) is 0 Å². The Morgan fingerprint density at radius 2 is 2.38 bits per heavy atom. The van der Waals surface area contributed by atoms with Crippen LogP contribution >= 0.6 is 0 Å². The van der Waals surface area contributed by atoms with E-state index in [4.69, 9.17) is 4.74 Å². The normalized spacial score (nSPS) is 19.8. The quantitative estimate of drug-likeness (QED) is 0.816. The third-order valence-electron chi connectivity index (χ3n) is 2.94. The van der Waals surface area contributed by atoms with Crippen molar-refractivity contribution in [1.29, 1.82) is 0 Å². The SMILES string of the molecule is CC1(C)COCCN1c1ncccc1CO. The molecule has 1 N–H and O–H groups in total. The second kappa shape index (κ2) is 4.39. The van der Waals surface area contributed by atoms with Gasteiger partial charge in [0.1, 0.15) is 5.82 Å². The number of rotatable bonds is 2. The van der Waals surface area contributed by atoms with Gasteiger partial charge in [0.25, 0.3) is 0 Å². The highest BCUT2D eigenvalue weighted by atomic mass is 16.5. The largest absolute Gasteiger partial charge is 0.392 e. The van der Waals surface area contributed by atoms with Gasteiger partial charge in [0.15, 0.2) is 0 Å². The Labute approximate surface area is 95.9 Å². The van der Waals surface area contributed by atoms with Gasteiger partial charge in [0.05, 0.1) is 25.4 Å². The van der Waals surface area contributed by atoms with Crippen LogP contribution in [-0.4, -0.2) is 35.4 Å². The Balaban J connectivity index is 2.34. The number of aliphatic hydroxyl groups is 1. The first kappa shape index (κ1) is 11.4. The lowest BCUT2D eigenvalue weighted by atomic mass is 10.0. The Hall–Kier alpha value is -1.13. The molecule has 88 valence electrons. The molecule has 1 aromatic rings. The van der Waals surface area contributed by atoms with Gasteiger partial charge in [0.2, 0.25) is 0 Å². The van der Waals surface area contributed by atoms with Crippen LogP contribution in [0.15, 0.2) is 18.3 Å². The van der Waals surface area contributed by atoms with Crippen LogP contribution in [0.2, 0.25) is 0 Å². The molecule has 1 fully saturated rings. The predicted octanol–water partition coefficient (Wildman–Crippen LogP) is 1.19. The summed E-state index contributed by atoms with van der Waals surface area (Å²) in [6.07, 6.45) is 1.76. The first-order chi connectivity index (χ1) is 7.65. The molecule has 0 saturated carbocycles. The molecule has 0 unspecified atom stereocenters. The summed E-state index contributed by atoms with van der Waals surface area (Å²) in [5, 5.41) is 9.32. The fraction of sp³-hybridized carbons (Fsp3) is 0.583. The van der Waals surface area contributed by atoms with Crippen LogP contribution in [0.1, 0.15) is 19.4 Å². The fourth-order valence-corrected chi connectivity index (χ4v) is 2.05. The van der Waals surface area contributed by atoms with E-state index >= 15 is 0 Å². The molecule has 0 radical (unpaired) electrons. The fourth-order valence-electron chi connectivity index (χ4n) is 2.05. The van der Waals surface area contributed by atoms with Crippen molar-refractivity contribution in [2.24, 2.45) is 0 Å². The van der Waals surface area contributed by atoms with Crippen LogP contribution in [0.25, 0.3) is 0 Å². The molecule has 2 rings (SSSR count). The maximum absolute atomic E-state index is 9.32. The second-order valence-electron chi connectivity index (χ2n) is 4.66. The molecule has 0 atom stereocenters. The van der Waals surface area contributed by atoms with Crippen LogP contribution in [-0.2, 0) is 11.3 Å². The predicted molar refractivity (Wildman–Crippen MR) is 62.4 cm³/mol. The number of nitrogens with zero attached hydrogens (tertiary/aromatic N) is 2. The van der Waals surface area contributed by atoms with Crippen molar-refractivity contribution in [2.75, 3.05) is 24.7 Å². The average molecular weight is 222 g/mol. The standard InChI is InChI=1S/C12H18N2O2/c1-12(2)9-16-7-6-14(12)11-10(8-15)4-3-5-13-11/h3-5,15H,6-9H2,1-2H3. The number of hydrogen-bond donors (Lipinski definition) is 1. The molecule has 1 aliphatic rings. The molecular formula is C12H18N2O2. The summed E-state index contributed by atoms with van der Waals surface area (Å²) < 4.78 is 5.48. The van der Waals surface area contributed by atoms with Gasteiger partial charge in [-0.3, -0.25) is 0 Å². The highest BCUT2D eigenvalue weighted by Crippen LogP contribution is 2.27. The van der Waals surface area contributed by atoms with E-state index in [1.807, 2.05) is 12.1 Å². The molecule has 1 saturated heterocycles. The third kappa shape index (κ3) is 2.03. The minimum absolute atomic E-state index is 0.0244. The van der Waals surface area contributed by atoms with E-state index < -0.39 is 0 Å². The van der Waals surface area contributed by atoms with Crippen molar-refractivity contribution in [3.05, 3.63) is 23.9 Å². The zero-order valence-electron chi connectivity index (χ0n) is 9.81. The Kier molecular flexibility index (Phi) is 3.12. The van der Waals surface area contributed by atoms with E-state index in [2.05, 4.69) is 23.7 Å². The average Bonchev–Trinajstić information content (AvgIpc) is 2.28. The molecule has 0 spiro atoms. The first-order valence-corrected chi connectivity index (χ1v) is 5.55. The highest BCUT2D eigenvalue weighted by molar-refractivity contribution is 5.49. The van der Waals surface area contributed by atoms with Gasteiger partial charge < -0.3 is 14.7 Å². The lowest BCUT2D eigenvalue weighted by Crippen LogP contribution is -2.53. The molecule has 0 aromatic carbocycles. The van der Waals surface area contributed by atoms with Crippen molar-refractivity contribution < 1.29 is 9.84 Å². The van der Waals surface area contributed by atoms with Crippen LogP contribution in [0, 0.1) is 0 Å². The number of aliphatic hydroxyl groups excluding tert-OH is 1. The molecule has 16 heavy (non-hydrogen) atoms. The molecule has 0 aliphatic carbocycles. The van der Waals surface area contributed by atoms with E-state index in [0.717, 1.165) is 17.9 Å². The Morgan fingerprint density at radius 1 is 1.56 bits per heavy atom. The van der Waals surface area contributed by atoms with Crippen LogP contribution in [0.4, 0.5) is 5.82 Å². The molecular weight excluding hydrogens is 204 g/mol. The van der Waals surface area contributed by atoms with Gasteiger partial charge in [-0.15, -0.1) is 0 Å². The Bertz CT molecular complexity index is 366. The summed E-state index contributed by atoms with van der Waals surface area (Å²) in [6, 6.07) is 3.76. The minimum atomic E-state index is -0.0729. The van der Waals surface area contributed by atoms with Gasteiger partial charge in [-0.05, 0) is 19.9 Å². The molecule has 0 bridgehead atoms. The summed E-state index contributed by atoms with van der Waals surface area (Å²) >= 11 is 0. The zero-order valence-corrected chi connectivity index (χ0v) is 9.81. The molecule has 4 nitrogen and oxygen atoms in total. The van der Waals surface area contributed by atoms with E-state index in [9.17, 15) is 5.11 Å². The number of aromatic nitrogens is 1. The summed E-state index contributed by atoms with van der Waals surface area (Å²) in [4.78, 5) is 6.59. The van der Waals surface area contributed by atoms with Gasteiger partial charge in [-0.25, -0.2) is 4.98 Å². The number of anilines is 1. The van der Waals surface area contributed by atoms with Crippen molar-refractivity contribution in [3.8, 4) is 0 Å². The maximum Gasteiger partial charge on any atom is 0.134 e. The summed E-state index contributed by atoms with van der Waals surface area (Å²) in [6.45, 7) is 6.50. The van der Waals surface area contributed by atoms with E-state index in [0.29, 0.717) is 13.2 Å². The maximum atomic E-state index is 9.32. The third-order valence-corrected chi connectivity index (χ3v) is 2.94. The minimum Gasteiger partial charge on any atom is -0.392 e. The number of ether oxygens (including phenoxy) is 1. The summed E-state index contributed by atoms with van der Waals surface area (Å²) in [7, 11) is 0. The monoisotopic (exact) mass is 222 g/mol. The van der Waals surface area contributed by atoms with Crippen molar-refractivity contribution >= 4 is 5.82 Å². The van der Waals surface area contributed by atoms with E-state index in [1.165, 1.54) is 0 Å². The molecule has 1 aliphatic heterocycles. The van der Waals surface area contributed by atoms with E-state index in [-0.39, 0.29) is 12.1 Å². The highest BCUT2D eigenvalue weighted by Gasteiger charge is 2.32. The zero-order chi connectivity index (χ0) is 11.6. The number of pyridine rings is 1.